The topological polar surface area (TPSA) is 83.0 Å². The van der Waals surface area contributed by atoms with E-state index in [0.29, 0.717) is 19.5 Å². The molecule has 1 heterocycles. The van der Waals surface area contributed by atoms with Gasteiger partial charge in [-0.15, -0.1) is 0 Å². The average molecular weight is 389 g/mol. The lowest BCUT2D eigenvalue weighted by atomic mass is 9.99. The van der Waals surface area contributed by atoms with Crippen molar-refractivity contribution in [3.05, 3.63) is 29.8 Å². The summed E-state index contributed by atoms with van der Waals surface area (Å²) < 4.78 is 4.92. The number of ether oxygens (including phenoxy) is 1. The first-order chi connectivity index (χ1) is 13.5. The van der Waals surface area contributed by atoms with Gasteiger partial charge in [0.2, 0.25) is 5.91 Å². The standard InChI is InChI=1S/C21H32N4O3/c1-5-7-19(26)24-17-10-8-16(9-11-17)12-23-21(22-6-2)25-13-15(3)18(14-25)20(27)28-4/h8-11,15,18H,5-7,12-14H2,1-4H3,(H,22,23)(H,24,26). The zero-order valence-electron chi connectivity index (χ0n) is 17.3. The molecular weight excluding hydrogens is 356 g/mol. The van der Waals surface area contributed by atoms with Crippen molar-refractivity contribution in [2.75, 3.05) is 32.1 Å². The summed E-state index contributed by atoms with van der Waals surface area (Å²) in [6.45, 7) is 8.75. The van der Waals surface area contributed by atoms with Crippen molar-refractivity contribution in [3.63, 3.8) is 0 Å². The predicted molar refractivity (Wildman–Crippen MR) is 111 cm³/mol. The number of benzene rings is 1. The molecule has 1 fully saturated rings. The normalized spacial score (nSPS) is 19.4. The summed E-state index contributed by atoms with van der Waals surface area (Å²) in [5.41, 5.74) is 1.85. The van der Waals surface area contributed by atoms with E-state index in [2.05, 4.69) is 22.5 Å². The van der Waals surface area contributed by atoms with Crippen LogP contribution in [0.15, 0.2) is 29.3 Å². The van der Waals surface area contributed by atoms with Crippen molar-refractivity contribution < 1.29 is 14.3 Å². The molecule has 1 aliphatic rings. The minimum Gasteiger partial charge on any atom is -0.469 e. The minimum absolute atomic E-state index is 0.0333. The number of methoxy groups -OCH3 is 1. The Morgan fingerprint density at radius 3 is 2.54 bits per heavy atom. The first-order valence-corrected chi connectivity index (χ1v) is 9.98. The first kappa shape index (κ1) is 21.7. The van der Waals surface area contributed by atoms with Crippen molar-refractivity contribution >= 4 is 23.5 Å². The monoisotopic (exact) mass is 388 g/mol. The Kier molecular flexibility index (Phi) is 8.29. The van der Waals surface area contributed by atoms with E-state index < -0.39 is 0 Å². The molecule has 28 heavy (non-hydrogen) atoms. The van der Waals surface area contributed by atoms with E-state index >= 15 is 0 Å². The zero-order chi connectivity index (χ0) is 20.5. The molecule has 0 aromatic heterocycles. The Morgan fingerprint density at radius 1 is 1.21 bits per heavy atom. The van der Waals surface area contributed by atoms with Crippen LogP contribution in [-0.2, 0) is 20.9 Å². The second-order valence-corrected chi connectivity index (χ2v) is 7.18. The average Bonchev–Trinajstić information content (AvgIpc) is 3.07. The van der Waals surface area contributed by atoms with Gasteiger partial charge < -0.3 is 20.3 Å². The quantitative estimate of drug-likeness (QED) is 0.426. The third kappa shape index (κ3) is 5.97. The summed E-state index contributed by atoms with van der Waals surface area (Å²) in [6, 6.07) is 7.74. The number of nitrogens with zero attached hydrogens (tertiary/aromatic N) is 2. The molecule has 0 saturated carbocycles. The third-order valence-electron chi connectivity index (χ3n) is 4.88. The van der Waals surface area contributed by atoms with Gasteiger partial charge >= 0.3 is 5.97 Å². The summed E-state index contributed by atoms with van der Waals surface area (Å²) in [4.78, 5) is 30.5. The molecule has 0 bridgehead atoms. The van der Waals surface area contributed by atoms with Gasteiger partial charge in [0.1, 0.15) is 0 Å². The molecule has 1 aromatic carbocycles. The number of aliphatic imine (C=N–C) groups is 1. The number of hydrogen-bond donors (Lipinski definition) is 2. The predicted octanol–water partition coefficient (Wildman–Crippen LogP) is 2.63. The van der Waals surface area contributed by atoms with Crippen molar-refractivity contribution in [2.24, 2.45) is 16.8 Å². The van der Waals surface area contributed by atoms with Gasteiger partial charge in [0.05, 0.1) is 19.6 Å². The Hall–Kier alpha value is -2.57. The van der Waals surface area contributed by atoms with Gasteiger partial charge in [0.15, 0.2) is 5.96 Å². The number of rotatable bonds is 7. The maximum absolute atomic E-state index is 11.9. The molecule has 0 radical (unpaired) electrons. The smallest absolute Gasteiger partial charge is 0.310 e. The van der Waals surface area contributed by atoms with Gasteiger partial charge in [0, 0.05) is 31.7 Å². The molecular formula is C21H32N4O3. The lowest BCUT2D eigenvalue weighted by molar-refractivity contribution is -0.146. The Bertz CT molecular complexity index is 687. The molecule has 154 valence electrons. The highest BCUT2D eigenvalue weighted by Gasteiger charge is 2.36. The van der Waals surface area contributed by atoms with Crippen molar-refractivity contribution in [1.29, 1.82) is 0 Å². The Morgan fingerprint density at radius 2 is 1.93 bits per heavy atom. The van der Waals surface area contributed by atoms with E-state index in [-0.39, 0.29) is 23.7 Å². The van der Waals surface area contributed by atoms with Crippen LogP contribution in [-0.4, -0.2) is 49.5 Å². The molecule has 2 atom stereocenters. The maximum Gasteiger partial charge on any atom is 0.310 e. The third-order valence-corrected chi connectivity index (χ3v) is 4.88. The fourth-order valence-corrected chi connectivity index (χ4v) is 3.33. The van der Waals surface area contributed by atoms with Crippen LogP contribution in [0.5, 0.6) is 0 Å². The highest BCUT2D eigenvalue weighted by atomic mass is 16.5. The van der Waals surface area contributed by atoms with Gasteiger partial charge in [-0.1, -0.05) is 26.0 Å². The molecule has 1 amide bonds. The number of hydrogen-bond acceptors (Lipinski definition) is 4. The molecule has 0 aliphatic carbocycles. The van der Waals surface area contributed by atoms with Gasteiger partial charge in [0.25, 0.3) is 0 Å². The zero-order valence-corrected chi connectivity index (χ0v) is 17.3. The van der Waals surface area contributed by atoms with Crippen LogP contribution < -0.4 is 10.6 Å². The fraction of sp³-hybridized carbons (Fsp3) is 0.571. The molecule has 2 unspecified atom stereocenters. The number of carbonyl (C=O) groups is 2. The maximum atomic E-state index is 11.9. The highest BCUT2D eigenvalue weighted by molar-refractivity contribution is 5.90. The van der Waals surface area contributed by atoms with Crippen LogP contribution in [0.1, 0.15) is 39.2 Å². The molecule has 1 aliphatic heterocycles. The van der Waals surface area contributed by atoms with Gasteiger partial charge in [-0.05, 0) is 37.0 Å². The Labute approximate surface area is 167 Å². The second kappa shape index (κ2) is 10.7. The number of carbonyl (C=O) groups excluding carboxylic acids is 2. The lowest BCUT2D eigenvalue weighted by Crippen LogP contribution is -2.40. The van der Waals surface area contributed by atoms with E-state index in [4.69, 9.17) is 9.73 Å². The first-order valence-electron chi connectivity index (χ1n) is 9.98. The summed E-state index contributed by atoms with van der Waals surface area (Å²) >= 11 is 0. The number of nitrogens with one attached hydrogen (secondary N) is 2. The van der Waals surface area contributed by atoms with Crippen molar-refractivity contribution in [2.45, 2.75) is 40.2 Å². The summed E-state index contributed by atoms with van der Waals surface area (Å²) in [5, 5.41) is 6.20. The molecule has 7 heteroatoms. The summed E-state index contributed by atoms with van der Waals surface area (Å²) in [5.74, 6) is 0.779. The molecule has 2 N–H and O–H groups in total. The van der Waals surface area contributed by atoms with E-state index in [0.717, 1.165) is 36.7 Å². The lowest BCUT2D eigenvalue weighted by Gasteiger charge is -2.21. The number of guanidine groups is 1. The van der Waals surface area contributed by atoms with Crippen LogP contribution in [0.2, 0.25) is 0 Å². The van der Waals surface area contributed by atoms with Crippen molar-refractivity contribution in [1.82, 2.24) is 10.2 Å². The fourth-order valence-electron chi connectivity index (χ4n) is 3.33. The number of esters is 1. The summed E-state index contributed by atoms with van der Waals surface area (Å²) in [7, 11) is 1.44. The number of anilines is 1. The Balaban J connectivity index is 2.01. The van der Waals surface area contributed by atoms with Crippen LogP contribution in [0.4, 0.5) is 5.69 Å². The van der Waals surface area contributed by atoms with Crippen LogP contribution in [0.3, 0.4) is 0 Å². The van der Waals surface area contributed by atoms with E-state index in [1.54, 1.807) is 0 Å². The number of likely N-dealkylation sites (tertiary alicyclic amines) is 1. The second-order valence-electron chi connectivity index (χ2n) is 7.18. The van der Waals surface area contributed by atoms with E-state index in [1.807, 2.05) is 38.1 Å². The van der Waals surface area contributed by atoms with Gasteiger partial charge in [-0.25, -0.2) is 4.99 Å². The largest absolute Gasteiger partial charge is 0.469 e. The van der Waals surface area contributed by atoms with Gasteiger partial charge in [-0.3, -0.25) is 9.59 Å². The van der Waals surface area contributed by atoms with Gasteiger partial charge in [-0.2, -0.15) is 0 Å². The van der Waals surface area contributed by atoms with Crippen molar-refractivity contribution in [3.8, 4) is 0 Å². The molecule has 1 aromatic rings. The van der Waals surface area contributed by atoms with Crippen LogP contribution >= 0.6 is 0 Å². The minimum atomic E-state index is -0.161. The molecule has 0 spiro atoms. The SMILES string of the molecule is CCCC(=O)Nc1ccc(CN=C(NCC)N2CC(C)C(C(=O)OC)C2)cc1. The molecule has 1 saturated heterocycles. The summed E-state index contributed by atoms with van der Waals surface area (Å²) in [6.07, 6.45) is 1.36. The molecule has 2 rings (SSSR count). The van der Waals surface area contributed by atoms with E-state index in [9.17, 15) is 9.59 Å². The molecule has 7 nitrogen and oxygen atoms in total. The number of amides is 1. The van der Waals surface area contributed by atoms with E-state index in [1.165, 1.54) is 7.11 Å². The van der Waals surface area contributed by atoms with Crippen LogP contribution in [0, 0.1) is 11.8 Å². The highest BCUT2D eigenvalue weighted by Crippen LogP contribution is 2.24. The van der Waals surface area contributed by atoms with Crippen LogP contribution in [0.25, 0.3) is 0 Å².